The molecule has 1 aromatic heterocycles. The van der Waals surface area contributed by atoms with Gasteiger partial charge in [-0.1, -0.05) is 29.8 Å². The second-order valence-corrected chi connectivity index (χ2v) is 4.91. The summed E-state index contributed by atoms with van der Waals surface area (Å²) in [6, 6.07) is 7.93. The molecule has 0 saturated carbocycles. The van der Waals surface area contributed by atoms with Crippen LogP contribution < -0.4 is 0 Å². The lowest BCUT2D eigenvalue weighted by Crippen LogP contribution is -2.22. The van der Waals surface area contributed by atoms with Crippen LogP contribution >= 0.6 is 11.6 Å². The van der Waals surface area contributed by atoms with E-state index in [2.05, 4.69) is 28.2 Å². The second kappa shape index (κ2) is 5.33. The van der Waals surface area contributed by atoms with Crippen molar-refractivity contribution < 1.29 is 0 Å². The zero-order chi connectivity index (χ0) is 13.1. The highest BCUT2D eigenvalue weighted by Crippen LogP contribution is 2.21. The highest BCUT2D eigenvalue weighted by atomic mass is 35.5. The smallest absolute Gasteiger partial charge is 0.0960 e. The second-order valence-electron chi connectivity index (χ2n) is 4.47. The Morgan fingerprint density at radius 3 is 2.68 bits per heavy atom. The van der Waals surface area contributed by atoms with E-state index >= 15 is 0 Å². The van der Waals surface area contributed by atoms with Crippen LogP contribution in [-0.4, -0.2) is 21.0 Å². The molecule has 2 heterocycles. The highest BCUT2D eigenvalue weighted by Gasteiger charge is 2.06. The summed E-state index contributed by atoms with van der Waals surface area (Å²) in [5.74, 6) is 0. The fourth-order valence-electron chi connectivity index (χ4n) is 2.07. The topological polar surface area (TPSA) is 21.1 Å². The third-order valence-corrected chi connectivity index (χ3v) is 3.34. The molecule has 3 nitrogen and oxygen atoms in total. The predicted molar refractivity (Wildman–Crippen MR) is 77.5 cm³/mol. The number of rotatable bonds is 3. The summed E-state index contributed by atoms with van der Waals surface area (Å²) in [6.45, 7) is 1.72. The number of allylic oxidation sites excluding steroid dienone is 2. The average molecular weight is 272 g/mol. The first-order valence-electron chi connectivity index (χ1n) is 6.15. The number of imidazole rings is 1. The summed E-state index contributed by atoms with van der Waals surface area (Å²) in [5, 5.41) is 0.769. The van der Waals surface area contributed by atoms with Gasteiger partial charge < -0.3 is 9.47 Å². The Labute approximate surface area is 117 Å². The molecular weight excluding hydrogens is 258 g/mol. The monoisotopic (exact) mass is 271 g/mol. The van der Waals surface area contributed by atoms with E-state index in [9.17, 15) is 0 Å². The van der Waals surface area contributed by atoms with Crippen LogP contribution in [0.3, 0.4) is 0 Å². The van der Waals surface area contributed by atoms with Crippen molar-refractivity contribution in [2.45, 2.75) is 6.67 Å². The van der Waals surface area contributed by atoms with Gasteiger partial charge in [0.1, 0.15) is 0 Å². The van der Waals surface area contributed by atoms with Crippen molar-refractivity contribution >= 4 is 17.2 Å². The highest BCUT2D eigenvalue weighted by molar-refractivity contribution is 6.30. The summed E-state index contributed by atoms with van der Waals surface area (Å²) in [7, 11) is 0. The minimum Gasteiger partial charge on any atom is -0.356 e. The van der Waals surface area contributed by atoms with Crippen LogP contribution in [0.15, 0.2) is 61.3 Å². The van der Waals surface area contributed by atoms with Gasteiger partial charge >= 0.3 is 0 Å². The summed E-state index contributed by atoms with van der Waals surface area (Å²) >= 11 is 5.90. The van der Waals surface area contributed by atoms with Gasteiger partial charge in [-0.3, -0.25) is 0 Å². The van der Waals surface area contributed by atoms with Crippen LogP contribution in [-0.2, 0) is 6.67 Å². The molecule has 0 unspecified atom stereocenters. The lowest BCUT2D eigenvalue weighted by Gasteiger charge is -2.23. The summed E-state index contributed by atoms with van der Waals surface area (Å²) in [4.78, 5) is 6.27. The summed E-state index contributed by atoms with van der Waals surface area (Å²) in [5.41, 5.74) is 2.43. The Kier molecular flexibility index (Phi) is 3.38. The number of halogens is 1. The van der Waals surface area contributed by atoms with Crippen molar-refractivity contribution in [3.05, 3.63) is 71.9 Å². The summed E-state index contributed by atoms with van der Waals surface area (Å²) in [6.07, 6.45) is 12.1. The maximum Gasteiger partial charge on any atom is 0.0960 e. The van der Waals surface area contributed by atoms with Gasteiger partial charge in [-0.2, -0.15) is 0 Å². The maximum absolute atomic E-state index is 5.90. The van der Waals surface area contributed by atoms with Gasteiger partial charge in [0.25, 0.3) is 0 Å². The molecule has 0 spiro atoms. The zero-order valence-electron chi connectivity index (χ0n) is 10.4. The van der Waals surface area contributed by atoms with Gasteiger partial charge in [-0.15, -0.1) is 0 Å². The molecular formula is C15H14ClN3. The Morgan fingerprint density at radius 1 is 1.21 bits per heavy atom. The van der Waals surface area contributed by atoms with E-state index in [0.717, 1.165) is 18.2 Å². The lowest BCUT2D eigenvalue weighted by molar-refractivity contribution is 0.331. The van der Waals surface area contributed by atoms with Gasteiger partial charge in [-0.05, 0) is 29.3 Å². The van der Waals surface area contributed by atoms with Crippen LogP contribution in [0, 0.1) is 0 Å². The third kappa shape index (κ3) is 2.88. The van der Waals surface area contributed by atoms with Gasteiger partial charge in [0.2, 0.25) is 0 Å². The molecule has 96 valence electrons. The Balaban J connectivity index is 1.67. The molecule has 2 aromatic rings. The quantitative estimate of drug-likeness (QED) is 0.853. The van der Waals surface area contributed by atoms with E-state index in [1.165, 1.54) is 11.1 Å². The van der Waals surface area contributed by atoms with E-state index in [0.29, 0.717) is 0 Å². The first kappa shape index (κ1) is 12.1. The van der Waals surface area contributed by atoms with Crippen LogP contribution in [0.5, 0.6) is 0 Å². The molecule has 1 aliphatic heterocycles. The molecule has 0 amide bonds. The lowest BCUT2D eigenvalue weighted by atomic mass is 10.0. The number of aromatic nitrogens is 2. The molecule has 1 aromatic carbocycles. The average Bonchev–Trinajstić information content (AvgIpc) is 2.94. The van der Waals surface area contributed by atoms with E-state index in [-0.39, 0.29) is 0 Å². The van der Waals surface area contributed by atoms with Crippen LogP contribution in [0.4, 0.5) is 0 Å². The van der Waals surface area contributed by atoms with Gasteiger partial charge in [0, 0.05) is 30.2 Å². The molecule has 0 atom stereocenters. The van der Waals surface area contributed by atoms with Crippen molar-refractivity contribution in [2.24, 2.45) is 0 Å². The zero-order valence-corrected chi connectivity index (χ0v) is 11.2. The van der Waals surface area contributed by atoms with Crippen molar-refractivity contribution in [2.75, 3.05) is 6.54 Å². The molecule has 0 aliphatic carbocycles. The van der Waals surface area contributed by atoms with E-state index in [1.54, 1.807) is 6.20 Å². The summed E-state index contributed by atoms with van der Waals surface area (Å²) < 4.78 is 2.05. The van der Waals surface area contributed by atoms with Gasteiger partial charge in [0.05, 0.1) is 13.0 Å². The van der Waals surface area contributed by atoms with E-state index in [1.807, 2.05) is 41.4 Å². The Hall–Kier alpha value is -2.00. The fourth-order valence-corrected chi connectivity index (χ4v) is 2.20. The number of hydrogen-bond acceptors (Lipinski definition) is 2. The molecule has 0 radical (unpaired) electrons. The third-order valence-electron chi connectivity index (χ3n) is 3.09. The molecule has 0 N–H and O–H groups in total. The maximum atomic E-state index is 5.90. The van der Waals surface area contributed by atoms with Crippen LogP contribution in [0.25, 0.3) is 5.57 Å². The molecule has 4 heteroatoms. The van der Waals surface area contributed by atoms with Crippen molar-refractivity contribution in [1.29, 1.82) is 0 Å². The fraction of sp³-hybridized carbons (Fsp3) is 0.133. The van der Waals surface area contributed by atoms with Gasteiger partial charge in [-0.25, -0.2) is 4.98 Å². The SMILES string of the molecule is Clc1ccc(C2=CCN(Cn3ccnc3)C=C2)cc1. The number of nitrogens with zero attached hydrogens (tertiary/aromatic N) is 3. The number of hydrogen-bond donors (Lipinski definition) is 0. The standard InChI is InChI=1S/C15H14ClN3/c16-15-3-1-13(2-4-15)14-5-8-18(9-6-14)12-19-10-7-17-11-19/h1-8,10-11H,9,12H2. The molecule has 1 aliphatic rings. The van der Waals surface area contributed by atoms with Crippen LogP contribution in [0.2, 0.25) is 5.02 Å². The van der Waals surface area contributed by atoms with Gasteiger partial charge in [0.15, 0.2) is 0 Å². The predicted octanol–water partition coefficient (Wildman–Crippen LogP) is 3.41. The van der Waals surface area contributed by atoms with E-state index in [4.69, 9.17) is 11.6 Å². The molecule has 0 fully saturated rings. The Bertz CT molecular complexity index is 597. The van der Waals surface area contributed by atoms with Crippen molar-refractivity contribution in [3.8, 4) is 0 Å². The van der Waals surface area contributed by atoms with Crippen LogP contribution in [0.1, 0.15) is 5.56 Å². The minimum atomic E-state index is 0.769. The first-order chi connectivity index (χ1) is 9.31. The molecule has 19 heavy (non-hydrogen) atoms. The van der Waals surface area contributed by atoms with E-state index < -0.39 is 0 Å². The molecule has 3 rings (SSSR count). The first-order valence-corrected chi connectivity index (χ1v) is 6.53. The van der Waals surface area contributed by atoms with Crippen molar-refractivity contribution in [3.63, 3.8) is 0 Å². The number of benzene rings is 1. The molecule has 0 saturated heterocycles. The van der Waals surface area contributed by atoms with Crippen molar-refractivity contribution in [1.82, 2.24) is 14.5 Å². The Morgan fingerprint density at radius 2 is 2.05 bits per heavy atom. The molecule has 0 bridgehead atoms. The minimum absolute atomic E-state index is 0.769. The largest absolute Gasteiger partial charge is 0.356 e. The normalized spacial score (nSPS) is 14.6.